The molecule has 1 saturated heterocycles. The normalized spacial score (nSPS) is 18.9. The summed E-state index contributed by atoms with van der Waals surface area (Å²) in [7, 11) is -3.49. The number of aryl methyl sites for hydroxylation is 1. The minimum absolute atomic E-state index is 0.0643. The highest BCUT2D eigenvalue weighted by atomic mass is 32.2. The second-order valence-corrected chi connectivity index (χ2v) is 11.2. The zero-order valence-electron chi connectivity index (χ0n) is 20.5. The molecule has 0 aliphatic carbocycles. The molecule has 1 fully saturated rings. The van der Waals surface area contributed by atoms with Gasteiger partial charge in [-0.25, -0.2) is 13.4 Å². The molecule has 2 aliphatic heterocycles. The van der Waals surface area contributed by atoms with Crippen molar-refractivity contribution in [2.24, 2.45) is 0 Å². The average Bonchev–Trinajstić information content (AvgIpc) is 3.24. The highest BCUT2D eigenvalue weighted by Gasteiger charge is 2.27. The van der Waals surface area contributed by atoms with E-state index in [0.717, 1.165) is 60.7 Å². The van der Waals surface area contributed by atoms with E-state index in [1.807, 2.05) is 30.3 Å². The SMILES string of the molecule is CCN(Cc1nc2cc(S(=O)(=O)N3CCCCC3)ccc2n1CC)CC1COc2ccccc2O1. The molecule has 0 bridgehead atoms. The summed E-state index contributed by atoms with van der Waals surface area (Å²) < 4.78 is 42.2. The third kappa shape index (κ3) is 4.90. The molecule has 1 unspecified atom stereocenters. The van der Waals surface area contributed by atoms with Gasteiger partial charge in [0.1, 0.15) is 18.5 Å². The number of para-hydroxylation sites is 2. The molecule has 0 spiro atoms. The molecule has 35 heavy (non-hydrogen) atoms. The number of hydrogen-bond donors (Lipinski definition) is 0. The first kappa shape index (κ1) is 24.1. The highest BCUT2D eigenvalue weighted by molar-refractivity contribution is 7.89. The number of imidazole rings is 1. The van der Waals surface area contributed by atoms with Crippen molar-refractivity contribution in [3.05, 3.63) is 48.3 Å². The molecule has 2 aromatic carbocycles. The molecule has 9 heteroatoms. The molecule has 8 nitrogen and oxygen atoms in total. The van der Waals surface area contributed by atoms with Gasteiger partial charge in [-0.3, -0.25) is 4.90 Å². The fraction of sp³-hybridized carbons (Fsp3) is 0.500. The molecule has 1 aromatic heterocycles. The minimum Gasteiger partial charge on any atom is -0.486 e. The third-order valence-electron chi connectivity index (χ3n) is 6.91. The van der Waals surface area contributed by atoms with Crippen LogP contribution in [0.25, 0.3) is 11.0 Å². The number of ether oxygens (including phenoxy) is 2. The van der Waals surface area contributed by atoms with Crippen molar-refractivity contribution in [2.75, 3.05) is 32.8 Å². The largest absolute Gasteiger partial charge is 0.486 e. The van der Waals surface area contributed by atoms with E-state index < -0.39 is 10.0 Å². The maximum atomic E-state index is 13.2. The second kappa shape index (κ2) is 10.2. The van der Waals surface area contributed by atoms with Gasteiger partial charge in [0, 0.05) is 26.2 Å². The van der Waals surface area contributed by atoms with Gasteiger partial charge >= 0.3 is 0 Å². The zero-order valence-corrected chi connectivity index (χ0v) is 21.3. The van der Waals surface area contributed by atoms with E-state index in [4.69, 9.17) is 14.5 Å². The van der Waals surface area contributed by atoms with Crippen LogP contribution >= 0.6 is 0 Å². The van der Waals surface area contributed by atoms with Crippen LogP contribution in [0, 0.1) is 0 Å². The third-order valence-corrected chi connectivity index (χ3v) is 8.80. The van der Waals surface area contributed by atoms with Crippen LogP contribution in [-0.2, 0) is 23.1 Å². The number of hydrogen-bond acceptors (Lipinski definition) is 6. The Morgan fingerprint density at radius 1 is 1.06 bits per heavy atom. The van der Waals surface area contributed by atoms with E-state index >= 15 is 0 Å². The molecule has 0 saturated carbocycles. The first-order chi connectivity index (χ1) is 17.0. The first-order valence-corrected chi connectivity index (χ1v) is 14.0. The Morgan fingerprint density at radius 2 is 1.83 bits per heavy atom. The number of piperidine rings is 1. The van der Waals surface area contributed by atoms with Crippen LogP contribution in [0.5, 0.6) is 11.5 Å². The molecule has 2 aliphatic rings. The van der Waals surface area contributed by atoms with Gasteiger partial charge in [-0.2, -0.15) is 4.31 Å². The van der Waals surface area contributed by atoms with Crippen molar-refractivity contribution in [3.63, 3.8) is 0 Å². The van der Waals surface area contributed by atoms with Crippen LogP contribution in [-0.4, -0.2) is 66.1 Å². The summed E-state index contributed by atoms with van der Waals surface area (Å²) in [4.78, 5) is 7.51. The topological polar surface area (TPSA) is 76.9 Å². The molecule has 0 radical (unpaired) electrons. The Bertz CT molecular complexity index is 1280. The summed E-state index contributed by atoms with van der Waals surface area (Å²) in [5.41, 5.74) is 1.68. The van der Waals surface area contributed by atoms with Gasteiger partial charge in [-0.15, -0.1) is 0 Å². The summed E-state index contributed by atoms with van der Waals surface area (Å²) in [5, 5.41) is 0. The Labute approximate surface area is 207 Å². The number of rotatable bonds is 8. The average molecular weight is 499 g/mol. The lowest BCUT2D eigenvalue weighted by atomic mass is 10.2. The predicted octanol–water partition coefficient (Wildman–Crippen LogP) is 3.89. The lowest BCUT2D eigenvalue weighted by molar-refractivity contribution is 0.0571. The summed E-state index contributed by atoms with van der Waals surface area (Å²) >= 11 is 0. The molecule has 0 N–H and O–H groups in total. The second-order valence-electron chi connectivity index (χ2n) is 9.21. The van der Waals surface area contributed by atoms with Crippen molar-refractivity contribution in [1.29, 1.82) is 0 Å². The van der Waals surface area contributed by atoms with Gasteiger partial charge in [0.2, 0.25) is 10.0 Å². The summed E-state index contributed by atoms with van der Waals surface area (Å²) in [6.07, 6.45) is 2.87. The molecule has 3 aromatic rings. The highest BCUT2D eigenvalue weighted by Crippen LogP contribution is 2.31. The van der Waals surface area contributed by atoms with Gasteiger partial charge in [0.05, 0.1) is 22.5 Å². The number of nitrogens with zero attached hydrogens (tertiary/aromatic N) is 4. The van der Waals surface area contributed by atoms with E-state index in [2.05, 4.69) is 23.3 Å². The summed E-state index contributed by atoms with van der Waals surface area (Å²) in [6, 6.07) is 13.1. The Hall–Kier alpha value is -2.62. The fourth-order valence-electron chi connectivity index (χ4n) is 4.99. The number of aromatic nitrogens is 2. The van der Waals surface area contributed by atoms with Gasteiger partial charge in [0.15, 0.2) is 11.5 Å². The maximum absolute atomic E-state index is 13.2. The van der Waals surface area contributed by atoms with Crippen molar-refractivity contribution in [2.45, 2.75) is 57.2 Å². The molecule has 0 amide bonds. The van der Waals surface area contributed by atoms with Gasteiger partial charge in [-0.1, -0.05) is 25.5 Å². The molecule has 1 atom stereocenters. The van der Waals surface area contributed by atoms with Gasteiger partial charge in [-0.05, 0) is 56.6 Å². The van der Waals surface area contributed by atoms with Crippen LogP contribution in [0.3, 0.4) is 0 Å². The monoisotopic (exact) mass is 498 g/mol. The quantitative estimate of drug-likeness (QED) is 0.469. The maximum Gasteiger partial charge on any atom is 0.243 e. The van der Waals surface area contributed by atoms with E-state index in [1.165, 1.54) is 0 Å². The lowest BCUT2D eigenvalue weighted by Gasteiger charge is -2.30. The van der Waals surface area contributed by atoms with Crippen LogP contribution < -0.4 is 9.47 Å². The van der Waals surface area contributed by atoms with Crippen molar-refractivity contribution in [1.82, 2.24) is 18.8 Å². The van der Waals surface area contributed by atoms with E-state index in [0.29, 0.717) is 37.7 Å². The lowest BCUT2D eigenvalue weighted by Crippen LogP contribution is -2.41. The Balaban J connectivity index is 1.35. The summed E-state index contributed by atoms with van der Waals surface area (Å²) in [6.45, 7) is 8.88. The number of sulfonamides is 1. The molecular formula is C26H34N4O4S. The zero-order chi connectivity index (χ0) is 24.4. The van der Waals surface area contributed by atoms with Crippen LogP contribution in [0.15, 0.2) is 47.4 Å². The standard InChI is InChI=1S/C26H34N4O4S/c1-3-28(17-20-19-33-24-10-6-7-11-25(24)34-20)18-26-27-22-16-21(12-13-23(22)30(26)4-2)35(31,32)29-14-8-5-9-15-29/h6-7,10-13,16,20H,3-5,8-9,14-15,17-19H2,1-2H3. The number of likely N-dealkylation sites (N-methyl/N-ethyl adjacent to an activating group) is 1. The van der Waals surface area contributed by atoms with Crippen LogP contribution in [0.1, 0.15) is 38.9 Å². The Morgan fingerprint density at radius 3 is 2.57 bits per heavy atom. The van der Waals surface area contributed by atoms with Gasteiger partial charge in [0.25, 0.3) is 0 Å². The smallest absolute Gasteiger partial charge is 0.243 e. The fourth-order valence-corrected chi connectivity index (χ4v) is 6.53. The summed E-state index contributed by atoms with van der Waals surface area (Å²) in [5.74, 6) is 2.49. The minimum atomic E-state index is -3.49. The van der Waals surface area contributed by atoms with E-state index in [-0.39, 0.29) is 6.10 Å². The predicted molar refractivity (Wildman–Crippen MR) is 135 cm³/mol. The first-order valence-electron chi connectivity index (χ1n) is 12.6. The number of fused-ring (bicyclic) bond motifs is 2. The molecule has 5 rings (SSSR count). The molecule has 3 heterocycles. The van der Waals surface area contributed by atoms with E-state index in [1.54, 1.807) is 16.4 Å². The van der Waals surface area contributed by atoms with E-state index in [9.17, 15) is 8.42 Å². The van der Waals surface area contributed by atoms with Crippen LogP contribution in [0.4, 0.5) is 0 Å². The van der Waals surface area contributed by atoms with Crippen LogP contribution in [0.2, 0.25) is 0 Å². The van der Waals surface area contributed by atoms with Crippen molar-refractivity contribution in [3.8, 4) is 11.5 Å². The van der Waals surface area contributed by atoms with Gasteiger partial charge < -0.3 is 14.0 Å². The number of benzene rings is 2. The molecule has 188 valence electrons. The van der Waals surface area contributed by atoms with Crippen molar-refractivity contribution >= 4 is 21.1 Å². The molecular weight excluding hydrogens is 464 g/mol. The Kier molecular flexibility index (Phi) is 7.00. The van der Waals surface area contributed by atoms with Crippen molar-refractivity contribution < 1.29 is 17.9 Å².